The van der Waals surface area contributed by atoms with Crippen LogP contribution in [0.4, 0.5) is 5.95 Å². The standard InChI is InChI=1S/C14H19N5O2/c1-10(7-11-5-3-4-6-12(11)21-2)17-13(20)8-19-9-16-14(15)18-19/h3-6,9-10H,7-8H2,1-2H3,(H2,15,18)(H,17,20). The lowest BCUT2D eigenvalue weighted by molar-refractivity contribution is -0.122. The molecule has 0 fully saturated rings. The van der Waals surface area contributed by atoms with Gasteiger partial charge < -0.3 is 15.8 Å². The van der Waals surface area contributed by atoms with Gasteiger partial charge in [0.1, 0.15) is 18.6 Å². The monoisotopic (exact) mass is 289 g/mol. The van der Waals surface area contributed by atoms with Gasteiger partial charge in [0.2, 0.25) is 11.9 Å². The van der Waals surface area contributed by atoms with Gasteiger partial charge in [-0.15, -0.1) is 5.10 Å². The van der Waals surface area contributed by atoms with Crippen molar-refractivity contribution in [2.45, 2.75) is 25.9 Å². The Labute approximate surface area is 123 Å². The topological polar surface area (TPSA) is 95.1 Å². The van der Waals surface area contributed by atoms with Crippen molar-refractivity contribution in [1.82, 2.24) is 20.1 Å². The van der Waals surface area contributed by atoms with Gasteiger partial charge in [0, 0.05) is 6.04 Å². The van der Waals surface area contributed by atoms with Crippen LogP contribution in [0, 0.1) is 0 Å². The van der Waals surface area contributed by atoms with Crippen LogP contribution in [0.5, 0.6) is 5.75 Å². The molecule has 0 bridgehead atoms. The van der Waals surface area contributed by atoms with Crippen molar-refractivity contribution in [3.8, 4) is 5.75 Å². The number of hydrogen-bond donors (Lipinski definition) is 2. The minimum Gasteiger partial charge on any atom is -0.496 e. The molecule has 0 aliphatic rings. The molecule has 7 nitrogen and oxygen atoms in total. The van der Waals surface area contributed by atoms with Crippen molar-refractivity contribution in [2.24, 2.45) is 0 Å². The summed E-state index contributed by atoms with van der Waals surface area (Å²) in [5.41, 5.74) is 6.45. The minimum absolute atomic E-state index is 0.0188. The molecule has 0 aliphatic heterocycles. The number of benzene rings is 1. The predicted octanol–water partition coefficient (Wildman–Crippen LogP) is 0.616. The van der Waals surface area contributed by atoms with Crippen LogP contribution in [0.25, 0.3) is 0 Å². The number of hydrogen-bond acceptors (Lipinski definition) is 5. The lowest BCUT2D eigenvalue weighted by Crippen LogP contribution is -2.36. The fourth-order valence-corrected chi connectivity index (χ4v) is 2.11. The molecule has 0 saturated carbocycles. The maximum Gasteiger partial charge on any atom is 0.242 e. The van der Waals surface area contributed by atoms with E-state index in [1.165, 1.54) is 11.0 Å². The molecule has 2 rings (SSSR count). The van der Waals surface area contributed by atoms with Crippen LogP contribution in [0.3, 0.4) is 0 Å². The lowest BCUT2D eigenvalue weighted by atomic mass is 10.1. The summed E-state index contributed by atoms with van der Waals surface area (Å²) >= 11 is 0. The number of aromatic nitrogens is 3. The first-order valence-electron chi connectivity index (χ1n) is 6.64. The number of amides is 1. The van der Waals surface area contributed by atoms with Gasteiger partial charge in [-0.2, -0.15) is 0 Å². The number of rotatable bonds is 6. The van der Waals surface area contributed by atoms with Crippen molar-refractivity contribution in [3.63, 3.8) is 0 Å². The summed E-state index contributed by atoms with van der Waals surface area (Å²) in [6.07, 6.45) is 2.12. The number of anilines is 1. The number of methoxy groups -OCH3 is 1. The molecule has 21 heavy (non-hydrogen) atoms. The fraction of sp³-hybridized carbons (Fsp3) is 0.357. The SMILES string of the molecule is COc1ccccc1CC(C)NC(=O)Cn1cnc(N)n1. The second-order valence-electron chi connectivity index (χ2n) is 4.78. The summed E-state index contributed by atoms with van der Waals surface area (Å²) in [6, 6.07) is 7.74. The van der Waals surface area contributed by atoms with Gasteiger partial charge in [-0.1, -0.05) is 18.2 Å². The number of nitrogens with two attached hydrogens (primary N) is 1. The summed E-state index contributed by atoms with van der Waals surface area (Å²) in [5.74, 6) is 0.842. The zero-order valence-corrected chi connectivity index (χ0v) is 12.1. The molecule has 0 saturated heterocycles. The normalized spacial score (nSPS) is 11.9. The van der Waals surface area contributed by atoms with E-state index in [1.54, 1.807) is 7.11 Å². The third-order valence-electron chi connectivity index (χ3n) is 2.99. The number of para-hydroxylation sites is 1. The highest BCUT2D eigenvalue weighted by molar-refractivity contribution is 5.75. The largest absolute Gasteiger partial charge is 0.496 e. The van der Waals surface area contributed by atoms with Crippen LogP contribution in [0.15, 0.2) is 30.6 Å². The molecule has 2 aromatic rings. The highest BCUT2D eigenvalue weighted by Crippen LogP contribution is 2.18. The van der Waals surface area contributed by atoms with Gasteiger partial charge >= 0.3 is 0 Å². The highest BCUT2D eigenvalue weighted by Gasteiger charge is 2.11. The van der Waals surface area contributed by atoms with Crippen LogP contribution in [0.1, 0.15) is 12.5 Å². The summed E-state index contributed by atoms with van der Waals surface area (Å²) in [5, 5.41) is 6.79. The van der Waals surface area contributed by atoms with Gasteiger partial charge in [-0.3, -0.25) is 4.79 Å². The molecule has 1 aromatic carbocycles. The van der Waals surface area contributed by atoms with Gasteiger partial charge in [0.05, 0.1) is 7.11 Å². The van der Waals surface area contributed by atoms with Crippen molar-refractivity contribution < 1.29 is 9.53 Å². The van der Waals surface area contributed by atoms with E-state index in [9.17, 15) is 4.79 Å². The molecule has 112 valence electrons. The Hall–Kier alpha value is -2.57. The molecule has 1 amide bonds. The van der Waals surface area contributed by atoms with E-state index in [0.717, 1.165) is 11.3 Å². The molecule has 1 heterocycles. The molecule has 1 atom stereocenters. The fourth-order valence-electron chi connectivity index (χ4n) is 2.11. The zero-order valence-electron chi connectivity index (χ0n) is 12.1. The molecule has 3 N–H and O–H groups in total. The van der Waals surface area contributed by atoms with Crippen LogP contribution in [-0.4, -0.2) is 33.8 Å². The first-order valence-corrected chi connectivity index (χ1v) is 6.64. The first-order chi connectivity index (χ1) is 10.1. The van der Waals surface area contributed by atoms with Crippen molar-refractivity contribution >= 4 is 11.9 Å². The Morgan fingerprint density at radius 1 is 1.48 bits per heavy atom. The number of ether oxygens (including phenoxy) is 1. The first kappa shape index (κ1) is 14.8. The number of nitrogen functional groups attached to an aromatic ring is 1. The second-order valence-corrected chi connectivity index (χ2v) is 4.78. The second kappa shape index (κ2) is 6.74. The quantitative estimate of drug-likeness (QED) is 0.812. The van der Waals surface area contributed by atoms with Gasteiger partial charge in [0.25, 0.3) is 0 Å². The number of nitrogens with one attached hydrogen (secondary N) is 1. The zero-order chi connectivity index (χ0) is 15.2. The van der Waals surface area contributed by atoms with E-state index in [1.807, 2.05) is 31.2 Å². The van der Waals surface area contributed by atoms with Gasteiger partial charge in [-0.05, 0) is 25.0 Å². The highest BCUT2D eigenvalue weighted by atomic mass is 16.5. The van der Waals surface area contributed by atoms with E-state index < -0.39 is 0 Å². The molecular weight excluding hydrogens is 270 g/mol. The summed E-state index contributed by atoms with van der Waals surface area (Å²) in [7, 11) is 1.64. The van der Waals surface area contributed by atoms with E-state index in [2.05, 4.69) is 15.4 Å². The Bertz CT molecular complexity index is 611. The Kier molecular flexibility index (Phi) is 4.76. The number of carbonyl (C=O) groups is 1. The molecule has 0 spiro atoms. The van der Waals surface area contributed by atoms with Crippen LogP contribution in [-0.2, 0) is 17.8 Å². The molecule has 7 heteroatoms. The summed E-state index contributed by atoms with van der Waals surface area (Å²) < 4.78 is 6.70. The Morgan fingerprint density at radius 3 is 2.90 bits per heavy atom. The Balaban J connectivity index is 1.89. The molecule has 0 radical (unpaired) electrons. The minimum atomic E-state index is -0.137. The number of carbonyl (C=O) groups excluding carboxylic acids is 1. The van der Waals surface area contributed by atoms with Crippen LogP contribution in [0.2, 0.25) is 0 Å². The molecule has 1 unspecified atom stereocenters. The van der Waals surface area contributed by atoms with E-state index in [4.69, 9.17) is 10.5 Å². The van der Waals surface area contributed by atoms with Crippen molar-refractivity contribution in [3.05, 3.63) is 36.2 Å². The smallest absolute Gasteiger partial charge is 0.242 e. The van der Waals surface area contributed by atoms with Gasteiger partial charge in [0.15, 0.2) is 0 Å². The van der Waals surface area contributed by atoms with E-state index in [0.29, 0.717) is 6.42 Å². The third kappa shape index (κ3) is 4.20. The van der Waals surface area contributed by atoms with E-state index in [-0.39, 0.29) is 24.4 Å². The lowest BCUT2D eigenvalue weighted by Gasteiger charge is -2.15. The van der Waals surface area contributed by atoms with Crippen LogP contribution < -0.4 is 15.8 Å². The van der Waals surface area contributed by atoms with Gasteiger partial charge in [-0.25, -0.2) is 9.67 Å². The van der Waals surface area contributed by atoms with E-state index >= 15 is 0 Å². The van der Waals surface area contributed by atoms with Crippen molar-refractivity contribution in [1.29, 1.82) is 0 Å². The predicted molar refractivity (Wildman–Crippen MR) is 78.7 cm³/mol. The maximum absolute atomic E-state index is 11.9. The summed E-state index contributed by atoms with van der Waals surface area (Å²) in [6.45, 7) is 2.04. The Morgan fingerprint density at radius 2 is 2.24 bits per heavy atom. The number of nitrogens with zero attached hydrogens (tertiary/aromatic N) is 3. The molecular formula is C14H19N5O2. The summed E-state index contributed by atoms with van der Waals surface area (Å²) in [4.78, 5) is 15.7. The third-order valence-corrected chi connectivity index (χ3v) is 2.99. The maximum atomic E-state index is 11.9. The van der Waals surface area contributed by atoms with Crippen molar-refractivity contribution in [2.75, 3.05) is 12.8 Å². The average molecular weight is 289 g/mol. The molecule has 1 aromatic heterocycles. The average Bonchev–Trinajstić information content (AvgIpc) is 2.84. The van der Waals surface area contributed by atoms with Crippen LogP contribution >= 0.6 is 0 Å². The molecule has 0 aliphatic carbocycles.